The average molecular weight is 296 g/mol. The van der Waals surface area contributed by atoms with Crippen molar-refractivity contribution in [1.82, 2.24) is 5.32 Å². The van der Waals surface area contributed by atoms with Crippen LogP contribution in [0.4, 0.5) is 0 Å². The molecule has 1 aromatic heterocycles. The van der Waals surface area contributed by atoms with Crippen molar-refractivity contribution >= 4 is 22.9 Å². The first kappa shape index (κ1) is 14.4. The fourth-order valence-electron chi connectivity index (χ4n) is 2.06. The number of aromatic hydroxyl groups is 1. The molecule has 4 heteroatoms. The minimum atomic E-state index is 0.172. The zero-order chi connectivity index (χ0) is 13.8. The second-order valence-electron chi connectivity index (χ2n) is 4.87. The van der Waals surface area contributed by atoms with Crippen molar-refractivity contribution in [2.75, 3.05) is 0 Å². The molecule has 1 heterocycles. The second-order valence-corrected chi connectivity index (χ2v) is 6.25. The summed E-state index contributed by atoms with van der Waals surface area (Å²) in [5.74, 6) is 0.658. The predicted molar refractivity (Wildman–Crippen MR) is 81.9 cm³/mol. The Morgan fingerprint density at radius 3 is 2.68 bits per heavy atom. The Morgan fingerprint density at radius 1 is 1.26 bits per heavy atom. The SMILES string of the molecule is CC(C)C(NCc1cccc(Cl)c1O)c1cccs1. The Morgan fingerprint density at radius 2 is 2.05 bits per heavy atom. The summed E-state index contributed by atoms with van der Waals surface area (Å²) in [6, 6.07) is 9.93. The maximum Gasteiger partial charge on any atom is 0.138 e. The van der Waals surface area contributed by atoms with E-state index in [0.29, 0.717) is 23.5 Å². The molecule has 0 fully saturated rings. The van der Waals surface area contributed by atoms with Gasteiger partial charge in [0.25, 0.3) is 0 Å². The van der Waals surface area contributed by atoms with Gasteiger partial charge in [0.2, 0.25) is 0 Å². The summed E-state index contributed by atoms with van der Waals surface area (Å²) in [6.07, 6.45) is 0. The number of halogens is 1. The van der Waals surface area contributed by atoms with Crippen LogP contribution in [0.25, 0.3) is 0 Å². The van der Waals surface area contributed by atoms with E-state index in [9.17, 15) is 5.11 Å². The molecule has 0 radical (unpaired) electrons. The normalized spacial score (nSPS) is 12.8. The lowest BCUT2D eigenvalue weighted by Crippen LogP contribution is -2.24. The number of phenols is 1. The van der Waals surface area contributed by atoms with Gasteiger partial charge in [0.05, 0.1) is 5.02 Å². The molecule has 0 aliphatic rings. The van der Waals surface area contributed by atoms with E-state index in [-0.39, 0.29) is 5.75 Å². The van der Waals surface area contributed by atoms with Gasteiger partial charge >= 0.3 is 0 Å². The first-order valence-corrected chi connectivity index (χ1v) is 7.58. The molecular weight excluding hydrogens is 278 g/mol. The molecule has 1 unspecified atom stereocenters. The number of hydrogen-bond donors (Lipinski definition) is 2. The van der Waals surface area contributed by atoms with Gasteiger partial charge in [-0.05, 0) is 23.4 Å². The summed E-state index contributed by atoms with van der Waals surface area (Å²) in [5, 5.41) is 15.9. The van der Waals surface area contributed by atoms with E-state index in [4.69, 9.17) is 11.6 Å². The lowest BCUT2D eigenvalue weighted by atomic mass is 10.0. The van der Waals surface area contributed by atoms with Gasteiger partial charge in [-0.3, -0.25) is 0 Å². The average Bonchev–Trinajstić information content (AvgIpc) is 2.88. The molecule has 0 aliphatic heterocycles. The van der Waals surface area contributed by atoms with Gasteiger partial charge in [0.15, 0.2) is 0 Å². The van der Waals surface area contributed by atoms with Crippen LogP contribution in [0.15, 0.2) is 35.7 Å². The highest BCUT2D eigenvalue weighted by atomic mass is 35.5. The van der Waals surface area contributed by atoms with Crippen LogP contribution in [0.2, 0.25) is 5.02 Å². The number of rotatable bonds is 5. The van der Waals surface area contributed by atoms with Crippen molar-refractivity contribution in [1.29, 1.82) is 0 Å². The molecule has 1 aromatic carbocycles. The van der Waals surface area contributed by atoms with Crippen molar-refractivity contribution in [3.63, 3.8) is 0 Å². The van der Waals surface area contributed by atoms with E-state index in [0.717, 1.165) is 5.56 Å². The Hall–Kier alpha value is -1.03. The first-order valence-electron chi connectivity index (χ1n) is 6.32. The molecular formula is C15H18ClNOS. The van der Waals surface area contributed by atoms with Crippen LogP contribution in [-0.2, 0) is 6.54 Å². The second kappa shape index (κ2) is 6.42. The molecule has 0 amide bonds. The quantitative estimate of drug-likeness (QED) is 0.845. The van der Waals surface area contributed by atoms with E-state index in [2.05, 4.69) is 36.7 Å². The predicted octanol–water partition coefficient (Wildman–Crippen LogP) is 4.59. The van der Waals surface area contributed by atoms with E-state index in [1.54, 1.807) is 17.4 Å². The Balaban J connectivity index is 2.09. The molecule has 102 valence electrons. The van der Waals surface area contributed by atoms with E-state index < -0.39 is 0 Å². The molecule has 0 saturated carbocycles. The molecule has 2 N–H and O–H groups in total. The van der Waals surface area contributed by atoms with Crippen LogP contribution in [0.5, 0.6) is 5.75 Å². The Kier molecular flexibility index (Phi) is 4.86. The molecule has 2 nitrogen and oxygen atoms in total. The zero-order valence-electron chi connectivity index (χ0n) is 11.1. The van der Waals surface area contributed by atoms with Gasteiger partial charge < -0.3 is 10.4 Å². The van der Waals surface area contributed by atoms with E-state index in [1.807, 2.05) is 12.1 Å². The number of phenolic OH excluding ortho intramolecular Hbond substituents is 1. The standard InChI is InChI=1S/C15H18ClNOS/c1-10(2)14(13-7-4-8-19-13)17-9-11-5-3-6-12(16)15(11)18/h3-8,10,14,17-18H,9H2,1-2H3. The molecule has 0 saturated heterocycles. The van der Waals surface area contributed by atoms with Gasteiger partial charge in [-0.25, -0.2) is 0 Å². The third-order valence-corrected chi connectivity index (χ3v) is 4.36. The monoisotopic (exact) mass is 295 g/mol. The smallest absolute Gasteiger partial charge is 0.138 e. The van der Waals surface area contributed by atoms with E-state index in [1.165, 1.54) is 4.88 Å². The lowest BCUT2D eigenvalue weighted by Gasteiger charge is -2.21. The highest BCUT2D eigenvalue weighted by Crippen LogP contribution is 2.29. The first-order chi connectivity index (χ1) is 9.09. The van der Waals surface area contributed by atoms with Crippen LogP contribution in [0, 0.1) is 5.92 Å². The third-order valence-electron chi connectivity index (χ3n) is 3.10. The number of benzene rings is 1. The maximum absolute atomic E-state index is 9.91. The van der Waals surface area contributed by atoms with Crippen LogP contribution >= 0.6 is 22.9 Å². The molecule has 2 aromatic rings. The van der Waals surface area contributed by atoms with Crippen molar-refractivity contribution in [2.24, 2.45) is 5.92 Å². The molecule has 1 atom stereocenters. The van der Waals surface area contributed by atoms with Crippen LogP contribution in [0.3, 0.4) is 0 Å². The van der Waals surface area contributed by atoms with Crippen molar-refractivity contribution in [3.8, 4) is 5.75 Å². The van der Waals surface area contributed by atoms with Crippen molar-refractivity contribution in [2.45, 2.75) is 26.4 Å². The minimum absolute atomic E-state index is 0.172. The van der Waals surface area contributed by atoms with Gasteiger partial charge in [0, 0.05) is 23.0 Å². The van der Waals surface area contributed by atoms with Crippen LogP contribution in [0.1, 0.15) is 30.3 Å². The molecule has 2 rings (SSSR count). The van der Waals surface area contributed by atoms with Crippen LogP contribution < -0.4 is 5.32 Å². The molecule has 19 heavy (non-hydrogen) atoms. The summed E-state index contributed by atoms with van der Waals surface area (Å²) in [7, 11) is 0. The van der Waals surface area contributed by atoms with Gasteiger partial charge in [-0.1, -0.05) is 43.6 Å². The zero-order valence-corrected chi connectivity index (χ0v) is 12.6. The number of hydrogen-bond acceptors (Lipinski definition) is 3. The van der Waals surface area contributed by atoms with E-state index >= 15 is 0 Å². The molecule has 0 spiro atoms. The summed E-state index contributed by atoms with van der Waals surface area (Å²) in [5.41, 5.74) is 0.828. The van der Waals surface area contributed by atoms with Crippen molar-refractivity contribution < 1.29 is 5.11 Å². The number of para-hydroxylation sites is 1. The topological polar surface area (TPSA) is 32.3 Å². The third kappa shape index (κ3) is 3.50. The largest absolute Gasteiger partial charge is 0.506 e. The highest BCUT2D eigenvalue weighted by Gasteiger charge is 2.17. The van der Waals surface area contributed by atoms with Crippen LogP contribution in [-0.4, -0.2) is 5.11 Å². The minimum Gasteiger partial charge on any atom is -0.506 e. The fourth-order valence-corrected chi connectivity index (χ4v) is 3.22. The van der Waals surface area contributed by atoms with Gasteiger partial charge in [0.1, 0.15) is 5.75 Å². The fraction of sp³-hybridized carbons (Fsp3) is 0.333. The summed E-state index contributed by atoms with van der Waals surface area (Å²) in [4.78, 5) is 1.32. The number of nitrogens with one attached hydrogen (secondary N) is 1. The van der Waals surface area contributed by atoms with Gasteiger partial charge in [-0.2, -0.15) is 0 Å². The number of thiophene rings is 1. The Bertz CT molecular complexity index is 525. The molecule has 0 aliphatic carbocycles. The summed E-state index contributed by atoms with van der Waals surface area (Å²) in [6.45, 7) is 4.98. The van der Waals surface area contributed by atoms with Crippen molar-refractivity contribution in [3.05, 3.63) is 51.2 Å². The molecule has 0 bridgehead atoms. The highest BCUT2D eigenvalue weighted by molar-refractivity contribution is 7.10. The Labute approximate surface area is 123 Å². The maximum atomic E-state index is 9.91. The lowest BCUT2D eigenvalue weighted by molar-refractivity contribution is 0.407. The van der Waals surface area contributed by atoms with Gasteiger partial charge in [-0.15, -0.1) is 11.3 Å². The summed E-state index contributed by atoms with van der Waals surface area (Å²) >= 11 is 7.67. The summed E-state index contributed by atoms with van der Waals surface area (Å²) < 4.78 is 0.